The van der Waals surface area contributed by atoms with Crippen LogP contribution in [0.3, 0.4) is 0 Å². The standard InChI is InChI=1S/C8H10BrClN4O/c1-8(2,7(11)15)14-6-4(9)5(10)12-3-13-6/h3H,1-2H3,(H2,11,15)(H,12,13,14). The van der Waals surface area contributed by atoms with Crippen LogP contribution in [0.4, 0.5) is 5.82 Å². The van der Waals surface area contributed by atoms with Crippen LogP contribution < -0.4 is 11.1 Å². The first kappa shape index (κ1) is 12.2. The van der Waals surface area contributed by atoms with E-state index >= 15 is 0 Å². The molecular formula is C8H10BrClN4O. The van der Waals surface area contributed by atoms with Crippen molar-refractivity contribution in [2.75, 3.05) is 5.32 Å². The predicted octanol–water partition coefficient (Wildman–Crippen LogP) is 1.57. The first-order valence-electron chi connectivity index (χ1n) is 4.08. The molecule has 1 heterocycles. The monoisotopic (exact) mass is 292 g/mol. The fourth-order valence-electron chi connectivity index (χ4n) is 0.793. The van der Waals surface area contributed by atoms with E-state index in [-0.39, 0.29) is 5.15 Å². The van der Waals surface area contributed by atoms with E-state index in [0.717, 1.165) is 0 Å². The minimum absolute atomic E-state index is 0.271. The second kappa shape index (κ2) is 4.32. The Kier molecular flexibility index (Phi) is 3.51. The van der Waals surface area contributed by atoms with Gasteiger partial charge < -0.3 is 11.1 Å². The fourth-order valence-corrected chi connectivity index (χ4v) is 1.23. The summed E-state index contributed by atoms with van der Waals surface area (Å²) in [6, 6.07) is 0. The van der Waals surface area contributed by atoms with Crippen molar-refractivity contribution in [1.82, 2.24) is 9.97 Å². The van der Waals surface area contributed by atoms with E-state index < -0.39 is 11.4 Å². The number of nitrogens with two attached hydrogens (primary N) is 1. The quantitative estimate of drug-likeness (QED) is 0.829. The maximum absolute atomic E-state index is 11.1. The summed E-state index contributed by atoms with van der Waals surface area (Å²) >= 11 is 8.98. The normalized spacial score (nSPS) is 11.2. The van der Waals surface area contributed by atoms with Crippen LogP contribution >= 0.6 is 27.5 Å². The second-order valence-electron chi connectivity index (χ2n) is 3.44. The lowest BCUT2D eigenvalue weighted by molar-refractivity contribution is -0.121. The fraction of sp³-hybridized carbons (Fsp3) is 0.375. The lowest BCUT2D eigenvalue weighted by atomic mass is 10.1. The highest BCUT2D eigenvalue weighted by Gasteiger charge is 2.26. The van der Waals surface area contributed by atoms with Gasteiger partial charge in [0.05, 0.1) is 4.47 Å². The van der Waals surface area contributed by atoms with Crippen molar-refractivity contribution < 1.29 is 4.79 Å². The number of halogens is 2. The summed E-state index contributed by atoms with van der Waals surface area (Å²) in [4.78, 5) is 18.8. The summed E-state index contributed by atoms with van der Waals surface area (Å²) in [5.74, 6) is -0.0528. The van der Waals surface area contributed by atoms with Crippen molar-refractivity contribution in [3.05, 3.63) is 16.0 Å². The van der Waals surface area contributed by atoms with Crippen LogP contribution in [0.1, 0.15) is 13.8 Å². The molecule has 0 aliphatic carbocycles. The van der Waals surface area contributed by atoms with Gasteiger partial charge in [-0.15, -0.1) is 0 Å². The van der Waals surface area contributed by atoms with E-state index in [1.807, 2.05) is 0 Å². The van der Waals surface area contributed by atoms with Gasteiger partial charge in [-0.3, -0.25) is 4.79 Å². The van der Waals surface area contributed by atoms with Gasteiger partial charge in [0, 0.05) is 0 Å². The summed E-state index contributed by atoms with van der Waals surface area (Å²) in [7, 11) is 0. The minimum Gasteiger partial charge on any atom is -0.368 e. The zero-order chi connectivity index (χ0) is 11.6. The van der Waals surface area contributed by atoms with Gasteiger partial charge in [-0.05, 0) is 29.8 Å². The number of hydrogen-bond donors (Lipinski definition) is 2. The molecule has 0 aliphatic rings. The van der Waals surface area contributed by atoms with Crippen LogP contribution in [0.15, 0.2) is 10.8 Å². The molecule has 1 rings (SSSR count). The molecule has 0 unspecified atom stereocenters. The zero-order valence-electron chi connectivity index (χ0n) is 8.21. The Bertz CT molecular complexity index is 396. The van der Waals surface area contributed by atoms with Gasteiger partial charge in [-0.25, -0.2) is 9.97 Å². The molecule has 0 saturated carbocycles. The number of nitrogens with one attached hydrogen (secondary N) is 1. The third-order valence-corrected chi connectivity index (χ3v) is 3.06. The summed E-state index contributed by atoms with van der Waals surface area (Å²) in [5, 5.41) is 3.14. The smallest absolute Gasteiger partial charge is 0.242 e. The Labute approximate surface area is 101 Å². The molecule has 7 heteroatoms. The van der Waals surface area contributed by atoms with Gasteiger partial charge in [-0.2, -0.15) is 0 Å². The molecule has 1 amide bonds. The Balaban J connectivity index is 3.00. The first-order valence-corrected chi connectivity index (χ1v) is 5.26. The lowest BCUT2D eigenvalue weighted by Gasteiger charge is -2.23. The highest BCUT2D eigenvalue weighted by atomic mass is 79.9. The van der Waals surface area contributed by atoms with Gasteiger partial charge >= 0.3 is 0 Å². The molecule has 5 nitrogen and oxygen atoms in total. The molecule has 1 aromatic rings. The number of anilines is 1. The summed E-state index contributed by atoms with van der Waals surface area (Å²) in [5.41, 5.74) is 4.31. The molecule has 0 fully saturated rings. The van der Waals surface area contributed by atoms with E-state index in [1.165, 1.54) is 6.33 Å². The van der Waals surface area contributed by atoms with E-state index in [9.17, 15) is 4.79 Å². The van der Waals surface area contributed by atoms with Crippen LogP contribution in [-0.4, -0.2) is 21.4 Å². The Morgan fingerprint density at radius 2 is 2.20 bits per heavy atom. The van der Waals surface area contributed by atoms with Crippen molar-refractivity contribution in [1.29, 1.82) is 0 Å². The van der Waals surface area contributed by atoms with Crippen molar-refractivity contribution in [3.8, 4) is 0 Å². The van der Waals surface area contributed by atoms with E-state index in [1.54, 1.807) is 13.8 Å². The lowest BCUT2D eigenvalue weighted by Crippen LogP contribution is -2.45. The summed E-state index contributed by atoms with van der Waals surface area (Å²) in [6.45, 7) is 3.30. The van der Waals surface area contributed by atoms with E-state index in [2.05, 4.69) is 31.2 Å². The third kappa shape index (κ3) is 2.79. The number of hydrogen-bond acceptors (Lipinski definition) is 4. The maximum atomic E-state index is 11.1. The molecule has 3 N–H and O–H groups in total. The van der Waals surface area contributed by atoms with Crippen LogP contribution in [0.2, 0.25) is 5.15 Å². The molecule has 0 aliphatic heterocycles. The molecule has 0 bridgehead atoms. The van der Waals surface area contributed by atoms with Crippen molar-refractivity contribution in [2.45, 2.75) is 19.4 Å². The number of carbonyl (C=O) groups is 1. The van der Waals surface area contributed by atoms with E-state index in [0.29, 0.717) is 10.3 Å². The Morgan fingerprint density at radius 3 is 2.73 bits per heavy atom. The minimum atomic E-state index is -0.903. The number of rotatable bonds is 3. The van der Waals surface area contributed by atoms with Crippen molar-refractivity contribution >= 4 is 39.3 Å². The highest BCUT2D eigenvalue weighted by molar-refractivity contribution is 9.10. The largest absolute Gasteiger partial charge is 0.368 e. The second-order valence-corrected chi connectivity index (χ2v) is 4.59. The molecule has 0 atom stereocenters. The maximum Gasteiger partial charge on any atom is 0.242 e. The van der Waals surface area contributed by atoms with Gasteiger partial charge in [0.2, 0.25) is 5.91 Å². The van der Waals surface area contributed by atoms with Crippen molar-refractivity contribution in [2.24, 2.45) is 5.73 Å². The molecule has 15 heavy (non-hydrogen) atoms. The topological polar surface area (TPSA) is 80.9 Å². The number of nitrogens with zero attached hydrogens (tertiary/aromatic N) is 2. The van der Waals surface area contributed by atoms with Gasteiger partial charge in [0.1, 0.15) is 22.8 Å². The predicted molar refractivity (Wildman–Crippen MR) is 61.6 cm³/mol. The number of amides is 1. The van der Waals surface area contributed by atoms with Crippen LogP contribution in [0, 0.1) is 0 Å². The third-order valence-electron chi connectivity index (χ3n) is 1.79. The average Bonchev–Trinajstić information content (AvgIpc) is 2.12. The molecule has 82 valence electrons. The molecule has 0 saturated heterocycles. The molecule has 0 radical (unpaired) electrons. The molecule has 0 aromatic carbocycles. The van der Waals surface area contributed by atoms with Gasteiger partial charge in [0.25, 0.3) is 0 Å². The van der Waals surface area contributed by atoms with Gasteiger partial charge in [0.15, 0.2) is 0 Å². The van der Waals surface area contributed by atoms with Crippen LogP contribution in [0.5, 0.6) is 0 Å². The van der Waals surface area contributed by atoms with Crippen molar-refractivity contribution in [3.63, 3.8) is 0 Å². The summed E-state index contributed by atoms with van der Waals surface area (Å²) in [6.07, 6.45) is 1.30. The number of primary amides is 1. The van der Waals surface area contributed by atoms with Crippen LogP contribution in [0.25, 0.3) is 0 Å². The Morgan fingerprint density at radius 1 is 1.60 bits per heavy atom. The molecular weight excluding hydrogens is 283 g/mol. The number of carbonyl (C=O) groups excluding carboxylic acids is 1. The zero-order valence-corrected chi connectivity index (χ0v) is 10.6. The summed E-state index contributed by atoms with van der Waals surface area (Å²) < 4.78 is 0.501. The Hall–Kier alpha value is -0.880. The highest BCUT2D eigenvalue weighted by Crippen LogP contribution is 2.27. The van der Waals surface area contributed by atoms with Crippen LogP contribution in [-0.2, 0) is 4.79 Å². The van der Waals surface area contributed by atoms with E-state index in [4.69, 9.17) is 17.3 Å². The average molecular weight is 294 g/mol. The first-order chi connectivity index (χ1) is 6.84. The van der Waals surface area contributed by atoms with Gasteiger partial charge in [-0.1, -0.05) is 11.6 Å². The molecule has 0 spiro atoms. The SMILES string of the molecule is CC(C)(Nc1ncnc(Cl)c1Br)C(N)=O. The number of aromatic nitrogens is 2. The molecule has 1 aromatic heterocycles.